The van der Waals surface area contributed by atoms with Crippen LogP contribution >= 0.6 is 0 Å². The Morgan fingerprint density at radius 3 is 1.48 bits per heavy atom. The fourth-order valence-corrected chi connectivity index (χ4v) is 4.18. The van der Waals surface area contributed by atoms with Crippen molar-refractivity contribution >= 4 is 21.7 Å². The summed E-state index contributed by atoms with van der Waals surface area (Å²) in [5, 5.41) is 5.37. The summed E-state index contributed by atoms with van der Waals surface area (Å²) >= 11 is 0. The molecule has 0 radical (unpaired) electrons. The second-order valence-electron chi connectivity index (χ2n) is 7.44. The van der Waals surface area contributed by atoms with Gasteiger partial charge in [-0.3, -0.25) is 19.4 Å². The molecule has 9 heteroatoms. The molecule has 2 N–H and O–H groups in total. The second kappa shape index (κ2) is 10.4. The Labute approximate surface area is 162 Å². The molecule has 27 heavy (non-hydrogen) atoms. The maximum atomic E-state index is 12.1. The van der Waals surface area contributed by atoms with Gasteiger partial charge in [0, 0.05) is 25.2 Å². The highest BCUT2D eigenvalue weighted by Crippen LogP contribution is 2.26. The van der Waals surface area contributed by atoms with Crippen molar-refractivity contribution in [2.24, 2.45) is 0 Å². The molecule has 0 spiro atoms. The summed E-state index contributed by atoms with van der Waals surface area (Å²) in [6.45, 7) is 6.58. The smallest absolute Gasteiger partial charge is 0.234 e. The number of nitrogens with zero attached hydrogens (tertiary/aromatic N) is 2. The SMILES string of the molecule is CCN(CC(=O)NCCS(=O)(=O)CCNC(=O)CN(CC)C1CC1)C1CC1. The van der Waals surface area contributed by atoms with Gasteiger partial charge in [-0.15, -0.1) is 0 Å². The van der Waals surface area contributed by atoms with Crippen molar-refractivity contribution in [2.75, 3.05) is 50.8 Å². The van der Waals surface area contributed by atoms with Crippen molar-refractivity contribution in [2.45, 2.75) is 51.6 Å². The highest BCUT2D eigenvalue weighted by atomic mass is 32.2. The summed E-state index contributed by atoms with van der Waals surface area (Å²) in [7, 11) is -3.31. The van der Waals surface area contributed by atoms with Crippen LogP contribution in [0.2, 0.25) is 0 Å². The number of amides is 2. The number of hydrogen-bond donors (Lipinski definition) is 2. The largest absolute Gasteiger partial charge is 0.354 e. The first-order chi connectivity index (χ1) is 12.8. The monoisotopic (exact) mass is 402 g/mol. The van der Waals surface area contributed by atoms with Crippen molar-refractivity contribution in [3.05, 3.63) is 0 Å². The predicted molar refractivity (Wildman–Crippen MR) is 105 cm³/mol. The zero-order valence-electron chi connectivity index (χ0n) is 16.6. The number of nitrogens with one attached hydrogen (secondary N) is 2. The van der Waals surface area contributed by atoms with Gasteiger partial charge in [-0.25, -0.2) is 8.42 Å². The molecule has 0 saturated heterocycles. The minimum Gasteiger partial charge on any atom is -0.354 e. The van der Waals surface area contributed by atoms with E-state index in [0.717, 1.165) is 38.8 Å². The highest BCUT2D eigenvalue weighted by Gasteiger charge is 2.29. The van der Waals surface area contributed by atoms with Crippen LogP contribution in [0.5, 0.6) is 0 Å². The molecule has 0 aromatic carbocycles. The number of carbonyl (C=O) groups excluding carboxylic acids is 2. The Balaban J connectivity index is 1.57. The normalized spacial score (nSPS) is 17.3. The van der Waals surface area contributed by atoms with E-state index in [1.807, 2.05) is 13.8 Å². The first-order valence-corrected chi connectivity index (χ1v) is 11.9. The molecule has 2 rings (SSSR count). The minimum absolute atomic E-state index is 0.104. The van der Waals surface area contributed by atoms with Crippen LogP contribution in [0.3, 0.4) is 0 Å². The lowest BCUT2D eigenvalue weighted by Crippen LogP contribution is -2.41. The van der Waals surface area contributed by atoms with Gasteiger partial charge >= 0.3 is 0 Å². The van der Waals surface area contributed by atoms with E-state index in [9.17, 15) is 18.0 Å². The Kier molecular flexibility index (Phi) is 8.50. The minimum atomic E-state index is -3.31. The summed E-state index contributed by atoms with van der Waals surface area (Å²) < 4.78 is 24.1. The molecular formula is C18H34N4O4S. The highest BCUT2D eigenvalue weighted by molar-refractivity contribution is 7.91. The Hall–Kier alpha value is -1.19. The molecule has 0 atom stereocenters. The van der Waals surface area contributed by atoms with Crippen LogP contribution in [0.1, 0.15) is 39.5 Å². The number of rotatable bonds is 14. The quantitative estimate of drug-likeness (QED) is 0.410. The molecule has 0 bridgehead atoms. The second-order valence-corrected chi connectivity index (χ2v) is 9.74. The van der Waals surface area contributed by atoms with Gasteiger partial charge in [-0.1, -0.05) is 13.8 Å². The van der Waals surface area contributed by atoms with Crippen LogP contribution in [0.25, 0.3) is 0 Å². The van der Waals surface area contributed by atoms with Crippen LogP contribution in [0.4, 0.5) is 0 Å². The average molecular weight is 403 g/mol. The number of hydrogen-bond acceptors (Lipinski definition) is 6. The molecule has 0 heterocycles. The van der Waals surface area contributed by atoms with Gasteiger partial charge < -0.3 is 10.6 Å². The standard InChI is InChI=1S/C18H34N4O4S/c1-3-21(15-5-6-15)13-17(23)19-9-11-27(25,26)12-10-20-18(24)14-22(4-2)16-7-8-16/h15-16H,3-14H2,1-2H3,(H,19,23)(H,20,24). The molecule has 2 saturated carbocycles. The molecule has 156 valence electrons. The van der Waals surface area contributed by atoms with E-state index in [4.69, 9.17) is 0 Å². The summed E-state index contributed by atoms with van der Waals surface area (Å²) in [5.74, 6) is -0.473. The van der Waals surface area contributed by atoms with Crippen molar-refractivity contribution in [1.82, 2.24) is 20.4 Å². The first-order valence-electron chi connectivity index (χ1n) is 10.1. The van der Waals surface area contributed by atoms with Crippen molar-refractivity contribution in [1.29, 1.82) is 0 Å². The molecule has 8 nitrogen and oxygen atoms in total. The summed E-state index contributed by atoms with van der Waals surface area (Å²) in [4.78, 5) is 28.1. The van der Waals surface area contributed by atoms with Gasteiger partial charge in [0.25, 0.3) is 0 Å². The molecule has 2 fully saturated rings. The van der Waals surface area contributed by atoms with Crippen LogP contribution < -0.4 is 10.6 Å². The van der Waals surface area contributed by atoms with Gasteiger partial charge in [0.2, 0.25) is 11.8 Å². The predicted octanol–water partition coefficient (Wildman–Crippen LogP) is -0.398. The van der Waals surface area contributed by atoms with E-state index < -0.39 is 9.84 Å². The molecule has 0 aromatic heterocycles. The summed E-state index contributed by atoms with van der Waals surface area (Å²) in [6, 6.07) is 1.02. The lowest BCUT2D eigenvalue weighted by Gasteiger charge is -2.19. The van der Waals surface area contributed by atoms with E-state index in [-0.39, 0.29) is 36.4 Å². The van der Waals surface area contributed by atoms with Crippen molar-refractivity contribution < 1.29 is 18.0 Å². The molecule has 0 aromatic rings. The van der Waals surface area contributed by atoms with Gasteiger partial charge in [0.15, 0.2) is 9.84 Å². The van der Waals surface area contributed by atoms with Crippen molar-refractivity contribution in [3.8, 4) is 0 Å². The fraction of sp³-hybridized carbons (Fsp3) is 0.889. The molecule has 2 aliphatic rings. The molecule has 2 aliphatic carbocycles. The van der Waals surface area contributed by atoms with Crippen molar-refractivity contribution in [3.63, 3.8) is 0 Å². The summed E-state index contributed by atoms with van der Waals surface area (Å²) in [6.07, 6.45) is 4.55. The maximum Gasteiger partial charge on any atom is 0.234 e. The van der Waals surface area contributed by atoms with Gasteiger partial charge in [-0.2, -0.15) is 0 Å². The van der Waals surface area contributed by atoms with Crippen LogP contribution in [-0.4, -0.2) is 92.9 Å². The maximum absolute atomic E-state index is 12.1. The zero-order valence-corrected chi connectivity index (χ0v) is 17.4. The zero-order chi connectivity index (χ0) is 19.9. The van der Waals surface area contributed by atoms with E-state index in [1.165, 1.54) is 0 Å². The lowest BCUT2D eigenvalue weighted by atomic mass is 10.4. The van der Waals surface area contributed by atoms with E-state index >= 15 is 0 Å². The average Bonchev–Trinajstić information content (AvgIpc) is 3.49. The van der Waals surface area contributed by atoms with Crippen LogP contribution in [0, 0.1) is 0 Å². The summed E-state index contributed by atoms with van der Waals surface area (Å²) in [5.41, 5.74) is 0. The molecule has 2 amide bonds. The van der Waals surface area contributed by atoms with Crippen LogP contribution in [-0.2, 0) is 19.4 Å². The van der Waals surface area contributed by atoms with Gasteiger partial charge in [-0.05, 0) is 38.8 Å². The van der Waals surface area contributed by atoms with E-state index in [0.29, 0.717) is 25.2 Å². The number of carbonyl (C=O) groups is 2. The van der Waals surface area contributed by atoms with E-state index in [2.05, 4.69) is 20.4 Å². The Morgan fingerprint density at radius 1 is 0.815 bits per heavy atom. The number of likely N-dealkylation sites (N-methyl/N-ethyl adjacent to an activating group) is 2. The fourth-order valence-electron chi connectivity index (χ4n) is 3.15. The molecule has 0 aliphatic heterocycles. The number of sulfone groups is 1. The van der Waals surface area contributed by atoms with E-state index in [1.54, 1.807) is 0 Å². The lowest BCUT2D eigenvalue weighted by molar-refractivity contribution is -0.123. The third kappa shape index (κ3) is 8.57. The van der Waals surface area contributed by atoms with Crippen LogP contribution in [0.15, 0.2) is 0 Å². The Bertz CT molecular complexity index is 556. The third-order valence-electron chi connectivity index (χ3n) is 5.10. The Morgan fingerprint density at radius 2 is 1.19 bits per heavy atom. The third-order valence-corrected chi connectivity index (χ3v) is 6.76. The van der Waals surface area contributed by atoms with Gasteiger partial charge in [0.1, 0.15) is 0 Å². The molecule has 0 unspecified atom stereocenters. The van der Waals surface area contributed by atoms with Gasteiger partial charge in [0.05, 0.1) is 24.6 Å². The topological polar surface area (TPSA) is 98.8 Å². The molecular weight excluding hydrogens is 368 g/mol. The first kappa shape index (κ1) is 22.1.